The number of hydrogen-bond acceptors (Lipinski definition) is 4. The predicted octanol–water partition coefficient (Wildman–Crippen LogP) is 3.96. The molecule has 0 atom stereocenters. The van der Waals surface area contributed by atoms with Crippen molar-refractivity contribution in [2.24, 2.45) is 0 Å². The van der Waals surface area contributed by atoms with Gasteiger partial charge in [0.15, 0.2) is 5.13 Å². The van der Waals surface area contributed by atoms with Gasteiger partial charge in [-0.15, -0.1) is 23.1 Å². The first kappa shape index (κ1) is 12.5. The van der Waals surface area contributed by atoms with Gasteiger partial charge in [0.1, 0.15) is 0 Å². The summed E-state index contributed by atoms with van der Waals surface area (Å²) in [6.45, 7) is 5.11. The van der Waals surface area contributed by atoms with Crippen LogP contribution in [0, 0.1) is 13.8 Å². The number of anilines is 1. The van der Waals surface area contributed by atoms with Crippen molar-refractivity contribution in [3.63, 3.8) is 0 Å². The molecule has 1 N–H and O–H groups in total. The second-order valence-electron chi connectivity index (χ2n) is 3.75. The Labute approximate surface area is 110 Å². The lowest BCUT2D eigenvalue weighted by atomic mass is 10.4. The maximum absolute atomic E-state index is 4.45. The fourth-order valence-electron chi connectivity index (χ4n) is 1.39. The summed E-state index contributed by atoms with van der Waals surface area (Å²) in [5.41, 5.74) is 1.13. The second-order valence-corrected chi connectivity index (χ2v) is 6.12. The van der Waals surface area contributed by atoms with E-state index >= 15 is 0 Å². The average molecular weight is 264 g/mol. The maximum Gasteiger partial charge on any atom is 0.183 e. The Bertz CT molecular complexity index is 446. The first-order chi connectivity index (χ1) is 8.25. The van der Waals surface area contributed by atoms with Crippen molar-refractivity contribution in [2.45, 2.75) is 18.7 Å². The molecule has 0 aliphatic heterocycles. The smallest absolute Gasteiger partial charge is 0.183 e. The highest BCUT2D eigenvalue weighted by atomic mass is 32.2. The zero-order valence-electron chi connectivity index (χ0n) is 10.1. The lowest BCUT2D eigenvalue weighted by Crippen LogP contribution is -2.03. The monoisotopic (exact) mass is 264 g/mol. The number of hydrogen-bond donors (Lipinski definition) is 1. The van der Waals surface area contributed by atoms with Crippen molar-refractivity contribution in [2.75, 3.05) is 17.6 Å². The molecule has 0 unspecified atom stereocenters. The summed E-state index contributed by atoms with van der Waals surface area (Å²) in [6.07, 6.45) is 0. The van der Waals surface area contributed by atoms with Gasteiger partial charge in [-0.25, -0.2) is 4.98 Å². The van der Waals surface area contributed by atoms with Crippen LogP contribution >= 0.6 is 23.1 Å². The molecule has 1 heterocycles. The fraction of sp³-hybridized carbons (Fsp3) is 0.308. The molecule has 0 saturated carbocycles. The molecule has 1 aromatic carbocycles. The van der Waals surface area contributed by atoms with Crippen LogP contribution in [0.15, 0.2) is 35.2 Å². The minimum Gasteiger partial charge on any atom is -0.361 e. The molecule has 0 fully saturated rings. The molecule has 1 aromatic heterocycles. The van der Waals surface area contributed by atoms with E-state index in [4.69, 9.17) is 0 Å². The third-order valence-electron chi connectivity index (χ3n) is 2.42. The lowest BCUT2D eigenvalue weighted by Gasteiger charge is -2.02. The van der Waals surface area contributed by atoms with Gasteiger partial charge in [-0.3, -0.25) is 0 Å². The number of thiazole rings is 1. The zero-order chi connectivity index (χ0) is 12.1. The number of benzene rings is 1. The molecule has 4 heteroatoms. The summed E-state index contributed by atoms with van der Waals surface area (Å²) < 4.78 is 0. The van der Waals surface area contributed by atoms with E-state index in [1.54, 1.807) is 11.3 Å². The molecule has 0 aliphatic rings. The van der Waals surface area contributed by atoms with Crippen LogP contribution in [-0.2, 0) is 0 Å². The van der Waals surface area contributed by atoms with E-state index in [-0.39, 0.29) is 0 Å². The van der Waals surface area contributed by atoms with E-state index in [2.05, 4.69) is 48.4 Å². The van der Waals surface area contributed by atoms with E-state index < -0.39 is 0 Å². The Hall–Kier alpha value is -1.00. The van der Waals surface area contributed by atoms with Gasteiger partial charge in [0.2, 0.25) is 0 Å². The van der Waals surface area contributed by atoms with Crippen LogP contribution in [0.1, 0.15) is 10.6 Å². The molecule has 0 bridgehead atoms. The van der Waals surface area contributed by atoms with Crippen molar-refractivity contribution >= 4 is 28.2 Å². The lowest BCUT2D eigenvalue weighted by molar-refractivity contribution is 1.16. The average Bonchev–Trinajstić information content (AvgIpc) is 2.66. The molecule has 0 amide bonds. The van der Waals surface area contributed by atoms with Crippen LogP contribution in [-0.4, -0.2) is 17.3 Å². The highest BCUT2D eigenvalue weighted by Crippen LogP contribution is 2.21. The zero-order valence-corrected chi connectivity index (χ0v) is 11.7. The van der Waals surface area contributed by atoms with E-state index in [0.29, 0.717) is 0 Å². The minimum atomic E-state index is 0.950. The third-order valence-corrected chi connectivity index (χ3v) is 4.46. The Kier molecular flexibility index (Phi) is 4.45. The number of thioether (sulfide) groups is 1. The summed E-state index contributed by atoms with van der Waals surface area (Å²) in [5.74, 6) is 1.06. The van der Waals surface area contributed by atoms with Crippen molar-refractivity contribution in [1.29, 1.82) is 0 Å². The fourth-order valence-corrected chi connectivity index (χ4v) is 3.02. The summed E-state index contributed by atoms with van der Waals surface area (Å²) in [7, 11) is 0. The van der Waals surface area contributed by atoms with Gasteiger partial charge in [0, 0.05) is 22.1 Å². The first-order valence-corrected chi connectivity index (χ1v) is 7.41. The number of aromatic nitrogens is 1. The van der Waals surface area contributed by atoms with E-state index in [1.165, 1.54) is 9.77 Å². The van der Waals surface area contributed by atoms with Crippen molar-refractivity contribution in [3.05, 3.63) is 40.9 Å². The van der Waals surface area contributed by atoms with Gasteiger partial charge < -0.3 is 5.32 Å². The normalized spacial score (nSPS) is 10.5. The van der Waals surface area contributed by atoms with E-state index in [9.17, 15) is 0 Å². The Morgan fingerprint density at radius 1 is 1.24 bits per heavy atom. The molecular formula is C13H16N2S2. The maximum atomic E-state index is 4.45. The van der Waals surface area contributed by atoms with Gasteiger partial charge in [0.05, 0.1) is 5.69 Å². The van der Waals surface area contributed by atoms with Crippen molar-refractivity contribution < 1.29 is 0 Å². The quantitative estimate of drug-likeness (QED) is 0.653. The molecule has 0 radical (unpaired) electrons. The van der Waals surface area contributed by atoms with Gasteiger partial charge >= 0.3 is 0 Å². The van der Waals surface area contributed by atoms with Crippen LogP contribution in [0.2, 0.25) is 0 Å². The minimum absolute atomic E-state index is 0.950. The molecule has 2 rings (SSSR count). The Balaban J connectivity index is 1.73. The molecule has 0 spiro atoms. The molecule has 0 saturated heterocycles. The number of nitrogens with zero attached hydrogens (tertiary/aromatic N) is 1. The standard InChI is InChI=1S/C13H16N2S2/c1-10-11(2)17-13(15-10)14-8-9-16-12-6-4-3-5-7-12/h3-7H,8-9H2,1-2H3,(H,14,15). The molecule has 90 valence electrons. The SMILES string of the molecule is Cc1nc(NCCSc2ccccc2)sc1C. The van der Waals surface area contributed by atoms with Gasteiger partial charge in [0.25, 0.3) is 0 Å². The highest BCUT2D eigenvalue weighted by molar-refractivity contribution is 7.99. The summed E-state index contributed by atoms with van der Waals surface area (Å²) >= 11 is 3.59. The molecule has 2 nitrogen and oxygen atoms in total. The molecule has 0 aliphatic carbocycles. The van der Waals surface area contributed by atoms with Crippen LogP contribution in [0.25, 0.3) is 0 Å². The summed E-state index contributed by atoms with van der Waals surface area (Å²) in [6, 6.07) is 10.5. The number of rotatable bonds is 5. The van der Waals surface area contributed by atoms with Gasteiger partial charge in [-0.1, -0.05) is 18.2 Å². The van der Waals surface area contributed by atoms with E-state index in [1.807, 2.05) is 17.8 Å². The van der Waals surface area contributed by atoms with Crippen molar-refractivity contribution in [3.8, 4) is 0 Å². The summed E-state index contributed by atoms with van der Waals surface area (Å²) in [5, 5.41) is 4.40. The predicted molar refractivity (Wildman–Crippen MR) is 77.2 cm³/mol. The van der Waals surface area contributed by atoms with Crippen LogP contribution < -0.4 is 5.32 Å². The van der Waals surface area contributed by atoms with Crippen LogP contribution in [0.4, 0.5) is 5.13 Å². The molecular weight excluding hydrogens is 248 g/mol. The van der Waals surface area contributed by atoms with Gasteiger partial charge in [-0.2, -0.15) is 0 Å². The first-order valence-electron chi connectivity index (χ1n) is 5.61. The molecule has 2 aromatic rings. The summed E-state index contributed by atoms with van der Waals surface area (Å²) in [4.78, 5) is 7.07. The van der Waals surface area contributed by atoms with Crippen molar-refractivity contribution in [1.82, 2.24) is 4.98 Å². The molecule has 17 heavy (non-hydrogen) atoms. The third kappa shape index (κ3) is 3.75. The Morgan fingerprint density at radius 3 is 2.65 bits per heavy atom. The second kappa shape index (κ2) is 6.07. The number of aryl methyl sites for hydroxylation is 2. The van der Waals surface area contributed by atoms with Crippen LogP contribution in [0.3, 0.4) is 0 Å². The Morgan fingerprint density at radius 2 is 2.00 bits per heavy atom. The van der Waals surface area contributed by atoms with Gasteiger partial charge in [-0.05, 0) is 26.0 Å². The number of nitrogens with one attached hydrogen (secondary N) is 1. The largest absolute Gasteiger partial charge is 0.361 e. The van der Waals surface area contributed by atoms with Crippen LogP contribution in [0.5, 0.6) is 0 Å². The topological polar surface area (TPSA) is 24.9 Å². The van der Waals surface area contributed by atoms with E-state index in [0.717, 1.165) is 23.1 Å². The highest BCUT2D eigenvalue weighted by Gasteiger charge is 2.02.